The molecule has 3 aromatic rings. The topological polar surface area (TPSA) is 77.9 Å². The van der Waals surface area contributed by atoms with Crippen LogP contribution in [0.3, 0.4) is 0 Å². The first-order valence-corrected chi connectivity index (χ1v) is 8.23. The third-order valence-electron chi connectivity index (χ3n) is 4.23. The molecule has 0 aliphatic carbocycles. The maximum Gasteiger partial charge on any atom is 0.219 e. The van der Waals surface area contributed by atoms with Gasteiger partial charge in [0, 0.05) is 55.9 Å². The number of aromatic nitrogens is 3. The minimum Gasteiger partial charge on any atom is -0.370 e. The standard InChI is InChI=1S/C18H23N5O/c1-2-22-13-21-11-15(22)10-20-9-14-12-23(8-7-18(19)24)17-6-4-3-5-16(14)17/h3-6,11-13,20H,2,7-10H2,1H3,(H2,19,24). The van der Waals surface area contributed by atoms with Crippen molar-refractivity contribution in [3.63, 3.8) is 0 Å². The Morgan fingerprint density at radius 3 is 2.88 bits per heavy atom. The van der Waals surface area contributed by atoms with Gasteiger partial charge >= 0.3 is 0 Å². The number of benzene rings is 1. The Balaban J connectivity index is 1.73. The van der Waals surface area contributed by atoms with Crippen LogP contribution in [0.5, 0.6) is 0 Å². The Hall–Kier alpha value is -2.60. The zero-order chi connectivity index (χ0) is 16.9. The number of nitrogens with one attached hydrogen (secondary N) is 1. The number of para-hydroxylation sites is 1. The van der Waals surface area contributed by atoms with Crippen molar-refractivity contribution in [2.75, 3.05) is 0 Å². The van der Waals surface area contributed by atoms with Crippen molar-refractivity contribution in [2.45, 2.75) is 39.5 Å². The highest BCUT2D eigenvalue weighted by atomic mass is 16.1. The van der Waals surface area contributed by atoms with Gasteiger partial charge in [-0.15, -0.1) is 0 Å². The molecule has 3 N–H and O–H groups in total. The van der Waals surface area contributed by atoms with Gasteiger partial charge in [-0.2, -0.15) is 0 Å². The van der Waals surface area contributed by atoms with Crippen LogP contribution in [0.15, 0.2) is 43.0 Å². The summed E-state index contributed by atoms with van der Waals surface area (Å²) in [4.78, 5) is 15.3. The number of hydrogen-bond acceptors (Lipinski definition) is 3. The highest BCUT2D eigenvalue weighted by Gasteiger charge is 2.09. The van der Waals surface area contributed by atoms with Crippen LogP contribution in [0, 0.1) is 0 Å². The van der Waals surface area contributed by atoms with Gasteiger partial charge in [0.1, 0.15) is 0 Å². The second-order valence-corrected chi connectivity index (χ2v) is 5.86. The molecule has 2 aromatic heterocycles. The summed E-state index contributed by atoms with van der Waals surface area (Å²) < 4.78 is 4.23. The Labute approximate surface area is 141 Å². The number of nitrogens with zero attached hydrogens (tertiary/aromatic N) is 3. The Kier molecular flexibility index (Phi) is 4.96. The number of primary amides is 1. The molecule has 24 heavy (non-hydrogen) atoms. The average molecular weight is 325 g/mol. The number of carbonyl (C=O) groups is 1. The lowest BCUT2D eigenvalue weighted by Gasteiger charge is -2.06. The minimum atomic E-state index is -0.278. The Morgan fingerprint density at radius 1 is 1.25 bits per heavy atom. The van der Waals surface area contributed by atoms with E-state index in [9.17, 15) is 4.79 Å². The van der Waals surface area contributed by atoms with Crippen LogP contribution in [0.4, 0.5) is 0 Å². The number of hydrogen-bond donors (Lipinski definition) is 2. The lowest BCUT2D eigenvalue weighted by Crippen LogP contribution is -2.15. The van der Waals surface area contributed by atoms with Gasteiger partial charge in [-0.05, 0) is 18.6 Å². The predicted molar refractivity (Wildman–Crippen MR) is 94.2 cm³/mol. The van der Waals surface area contributed by atoms with Gasteiger partial charge in [0.2, 0.25) is 5.91 Å². The first-order chi connectivity index (χ1) is 11.7. The molecule has 0 saturated carbocycles. The highest BCUT2D eigenvalue weighted by molar-refractivity contribution is 5.84. The molecular formula is C18H23N5O. The zero-order valence-corrected chi connectivity index (χ0v) is 13.9. The molecule has 6 nitrogen and oxygen atoms in total. The summed E-state index contributed by atoms with van der Waals surface area (Å²) in [6.45, 7) is 5.17. The van der Waals surface area contributed by atoms with E-state index < -0.39 is 0 Å². The molecule has 2 heterocycles. The van der Waals surface area contributed by atoms with E-state index in [1.165, 1.54) is 16.6 Å². The van der Waals surface area contributed by atoms with Crippen molar-refractivity contribution in [1.29, 1.82) is 0 Å². The van der Waals surface area contributed by atoms with E-state index in [-0.39, 0.29) is 5.91 Å². The van der Waals surface area contributed by atoms with Crippen LogP contribution in [0.2, 0.25) is 0 Å². The predicted octanol–water partition coefficient (Wildman–Crippen LogP) is 2.02. The maximum absolute atomic E-state index is 11.1. The minimum absolute atomic E-state index is 0.278. The van der Waals surface area contributed by atoms with Crippen molar-refractivity contribution in [3.05, 3.63) is 54.2 Å². The maximum atomic E-state index is 11.1. The van der Waals surface area contributed by atoms with E-state index in [0.29, 0.717) is 13.0 Å². The average Bonchev–Trinajstić information content (AvgIpc) is 3.18. The zero-order valence-electron chi connectivity index (χ0n) is 13.9. The van der Waals surface area contributed by atoms with Gasteiger partial charge in [0.25, 0.3) is 0 Å². The van der Waals surface area contributed by atoms with Crippen LogP contribution in [0.25, 0.3) is 10.9 Å². The van der Waals surface area contributed by atoms with E-state index >= 15 is 0 Å². The number of carbonyl (C=O) groups excluding carboxylic acids is 1. The molecule has 6 heteroatoms. The summed E-state index contributed by atoms with van der Waals surface area (Å²) in [5.41, 5.74) is 8.81. The molecule has 0 unspecified atom stereocenters. The number of nitrogens with two attached hydrogens (primary N) is 1. The Morgan fingerprint density at radius 2 is 2.08 bits per heavy atom. The fourth-order valence-corrected chi connectivity index (χ4v) is 2.98. The molecule has 1 amide bonds. The van der Waals surface area contributed by atoms with Gasteiger partial charge in [0.15, 0.2) is 0 Å². The van der Waals surface area contributed by atoms with Crippen LogP contribution >= 0.6 is 0 Å². The number of amides is 1. The first-order valence-electron chi connectivity index (χ1n) is 8.23. The molecule has 126 valence electrons. The second kappa shape index (κ2) is 7.31. The molecule has 0 aliphatic rings. The molecule has 0 aliphatic heterocycles. The van der Waals surface area contributed by atoms with Gasteiger partial charge in [0.05, 0.1) is 12.0 Å². The van der Waals surface area contributed by atoms with Crippen molar-refractivity contribution in [1.82, 2.24) is 19.4 Å². The molecule has 0 atom stereocenters. The van der Waals surface area contributed by atoms with Gasteiger partial charge in [-0.1, -0.05) is 18.2 Å². The summed E-state index contributed by atoms with van der Waals surface area (Å²) in [6, 6.07) is 8.24. The molecule has 0 fully saturated rings. The van der Waals surface area contributed by atoms with E-state index in [4.69, 9.17) is 5.73 Å². The lowest BCUT2D eigenvalue weighted by atomic mass is 10.2. The second-order valence-electron chi connectivity index (χ2n) is 5.86. The summed E-state index contributed by atoms with van der Waals surface area (Å²) >= 11 is 0. The highest BCUT2D eigenvalue weighted by Crippen LogP contribution is 2.21. The third kappa shape index (κ3) is 3.49. The summed E-state index contributed by atoms with van der Waals surface area (Å²) in [5, 5.41) is 4.69. The lowest BCUT2D eigenvalue weighted by molar-refractivity contribution is -0.118. The first kappa shape index (κ1) is 16.3. The van der Waals surface area contributed by atoms with E-state index in [0.717, 1.165) is 25.2 Å². The summed E-state index contributed by atoms with van der Waals surface area (Å²) in [7, 11) is 0. The van der Waals surface area contributed by atoms with Crippen LogP contribution in [-0.4, -0.2) is 20.0 Å². The van der Waals surface area contributed by atoms with Crippen molar-refractivity contribution in [2.24, 2.45) is 5.73 Å². The van der Waals surface area contributed by atoms with Gasteiger partial charge in [-0.25, -0.2) is 4.98 Å². The number of rotatable bonds is 8. The van der Waals surface area contributed by atoms with Gasteiger partial charge < -0.3 is 20.2 Å². The fourth-order valence-electron chi connectivity index (χ4n) is 2.98. The van der Waals surface area contributed by atoms with Crippen molar-refractivity contribution in [3.8, 4) is 0 Å². The monoisotopic (exact) mass is 325 g/mol. The van der Waals surface area contributed by atoms with Crippen LogP contribution < -0.4 is 11.1 Å². The number of imidazole rings is 1. The Bertz CT molecular complexity index is 833. The van der Waals surface area contributed by atoms with Crippen molar-refractivity contribution >= 4 is 16.8 Å². The number of fused-ring (bicyclic) bond motifs is 1. The molecule has 0 spiro atoms. The van der Waals surface area contributed by atoms with E-state index in [1.54, 1.807) is 0 Å². The summed E-state index contributed by atoms with van der Waals surface area (Å²) in [5.74, 6) is -0.278. The molecule has 0 saturated heterocycles. The largest absolute Gasteiger partial charge is 0.370 e. The molecule has 3 rings (SSSR count). The van der Waals surface area contributed by atoms with Crippen molar-refractivity contribution < 1.29 is 4.79 Å². The fraction of sp³-hybridized carbons (Fsp3) is 0.333. The van der Waals surface area contributed by atoms with Crippen LogP contribution in [-0.2, 0) is 31.0 Å². The SMILES string of the molecule is CCn1cncc1CNCc1cn(CCC(N)=O)c2ccccc12. The third-order valence-corrected chi connectivity index (χ3v) is 4.23. The van der Waals surface area contributed by atoms with Crippen LogP contribution in [0.1, 0.15) is 24.6 Å². The van der Waals surface area contributed by atoms with E-state index in [1.807, 2.05) is 24.7 Å². The quantitative estimate of drug-likeness (QED) is 0.665. The van der Waals surface area contributed by atoms with E-state index in [2.05, 4.69) is 44.7 Å². The molecule has 1 aromatic carbocycles. The smallest absolute Gasteiger partial charge is 0.219 e. The molecular weight excluding hydrogens is 302 g/mol. The normalized spacial score (nSPS) is 11.2. The number of aryl methyl sites for hydroxylation is 2. The van der Waals surface area contributed by atoms with Gasteiger partial charge in [-0.3, -0.25) is 4.79 Å². The molecule has 0 bridgehead atoms. The summed E-state index contributed by atoms with van der Waals surface area (Å²) in [6.07, 6.45) is 6.21. The molecule has 0 radical (unpaired) electrons.